The predicted molar refractivity (Wildman–Crippen MR) is 87.0 cm³/mol. The molecular weight excluding hydrogens is 300 g/mol. The summed E-state index contributed by atoms with van der Waals surface area (Å²) in [5, 5.41) is 6.89. The summed E-state index contributed by atoms with van der Waals surface area (Å²) in [5.41, 5.74) is 1.09. The lowest BCUT2D eigenvalue weighted by molar-refractivity contribution is 0.187. The Morgan fingerprint density at radius 1 is 1.27 bits per heavy atom. The SMILES string of the molecule is O=C(NC1CCOC1)NC(c1cccc(Cl)c1)C1CCCC1. The second-order valence-corrected chi connectivity index (χ2v) is 6.69. The molecule has 2 atom stereocenters. The lowest BCUT2D eigenvalue weighted by Gasteiger charge is -2.26. The number of halogens is 1. The van der Waals surface area contributed by atoms with Gasteiger partial charge in [0.1, 0.15) is 0 Å². The molecule has 2 amide bonds. The second-order valence-electron chi connectivity index (χ2n) is 6.26. The van der Waals surface area contributed by atoms with Crippen LogP contribution in [0.5, 0.6) is 0 Å². The molecule has 2 fully saturated rings. The van der Waals surface area contributed by atoms with Crippen LogP contribution in [0.25, 0.3) is 0 Å². The predicted octanol–water partition coefficient (Wildman–Crippen LogP) is 3.66. The van der Waals surface area contributed by atoms with Crippen molar-refractivity contribution < 1.29 is 9.53 Å². The van der Waals surface area contributed by atoms with Gasteiger partial charge in [0.25, 0.3) is 0 Å². The largest absolute Gasteiger partial charge is 0.379 e. The zero-order valence-corrected chi connectivity index (χ0v) is 13.4. The van der Waals surface area contributed by atoms with Gasteiger partial charge in [-0.15, -0.1) is 0 Å². The number of carbonyl (C=O) groups is 1. The third-order valence-corrected chi connectivity index (χ3v) is 4.87. The van der Waals surface area contributed by atoms with Crippen molar-refractivity contribution in [2.24, 2.45) is 5.92 Å². The summed E-state index contributed by atoms with van der Waals surface area (Å²) < 4.78 is 5.30. The summed E-state index contributed by atoms with van der Waals surface area (Å²) in [7, 11) is 0. The van der Waals surface area contributed by atoms with Gasteiger partial charge in [-0.2, -0.15) is 0 Å². The van der Waals surface area contributed by atoms with Gasteiger partial charge in [0.05, 0.1) is 18.7 Å². The van der Waals surface area contributed by atoms with Crippen LogP contribution in [0.2, 0.25) is 5.02 Å². The molecule has 0 spiro atoms. The van der Waals surface area contributed by atoms with E-state index in [4.69, 9.17) is 16.3 Å². The van der Waals surface area contributed by atoms with Crippen LogP contribution < -0.4 is 10.6 Å². The minimum absolute atomic E-state index is 0.0310. The van der Waals surface area contributed by atoms with Gasteiger partial charge in [-0.1, -0.05) is 36.6 Å². The number of ether oxygens (including phenoxy) is 1. The normalized spacial score (nSPS) is 23.4. The van der Waals surface area contributed by atoms with Crippen LogP contribution in [0, 0.1) is 5.92 Å². The molecule has 2 unspecified atom stereocenters. The monoisotopic (exact) mass is 322 g/mol. The summed E-state index contributed by atoms with van der Waals surface area (Å²) in [4.78, 5) is 12.3. The van der Waals surface area contributed by atoms with E-state index < -0.39 is 0 Å². The van der Waals surface area contributed by atoms with Crippen molar-refractivity contribution in [2.75, 3.05) is 13.2 Å². The number of carbonyl (C=O) groups excluding carboxylic acids is 1. The molecule has 3 rings (SSSR count). The summed E-state index contributed by atoms with van der Waals surface area (Å²) >= 11 is 6.12. The van der Waals surface area contributed by atoms with E-state index in [1.165, 1.54) is 12.8 Å². The van der Waals surface area contributed by atoms with E-state index in [1.54, 1.807) is 0 Å². The number of hydrogen-bond acceptors (Lipinski definition) is 2. The molecular formula is C17H23ClN2O2. The Bertz CT molecular complexity index is 511. The van der Waals surface area contributed by atoms with Gasteiger partial charge in [-0.3, -0.25) is 0 Å². The number of nitrogens with one attached hydrogen (secondary N) is 2. The molecule has 1 saturated carbocycles. The van der Waals surface area contributed by atoms with Crippen LogP contribution in [0.15, 0.2) is 24.3 Å². The third-order valence-electron chi connectivity index (χ3n) is 4.63. The Kier molecular flexibility index (Phi) is 5.21. The van der Waals surface area contributed by atoms with Crippen molar-refractivity contribution in [2.45, 2.75) is 44.2 Å². The molecule has 5 heteroatoms. The van der Waals surface area contributed by atoms with Crippen molar-refractivity contribution in [1.82, 2.24) is 10.6 Å². The van der Waals surface area contributed by atoms with Crippen molar-refractivity contribution in [1.29, 1.82) is 0 Å². The summed E-state index contributed by atoms with van der Waals surface area (Å²) in [5.74, 6) is 0.490. The van der Waals surface area contributed by atoms with Crippen LogP contribution in [-0.2, 0) is 4.74 Å². The Hall–Kier alpha value is -1.26. The highest BCUT2D eigenvalue weighted by Crippen LogP contribution is 2.36. The maximum absolute atomic E-state index is 12.3. The first-order chi connectivity index (χ1) is 10.7. The maximum Gasteiger partial charge on any atom is 0.315 e. The van der Waals surface area contributed by atoms with Gasteiger partial charge < -0.3 is 15.4 Å². The van der Waals surface area contributed by atoms with E-state index >= 15 is 0 Å². The minimum atomic E-state index is -0.104. The van der Waals surface area contributed by atoms with Crippen molar-refractivity contribution in [3.05, 3.63) is 34.9 Å². The molecule has 4 nitrogen and oxygen atoms in total. The smallest absolute Gasteiger partial charge is 0.315 e. The molecule has 1 heterocycles. The molecule has 1 saturated heterocycles. The van der Waals surface area contributed by atoms with E-state index in [0.717, 1.165) is 31.4 Å². The number of benzene rings is 1. The highest BCUT2D eigenvalue weighted by molar-refractivity contribution is 6.30. The van der Waals surface area contributed by atoms with Crippen molar-refractivity contribution in [3.8, 4) is 0 Å². The molecule has 1 aliphatic heterocycles. The Morgan fingerprint density at radius 3 is 2.77 bits per heavy atom. The highest BCUT2D eigenvalue weighted by atomic mass is 35.5. The molecule has 2 aliphatic rings. The van der Waals surface area contributed by atoms with Crippen LogP contribution in [0.1, 0.15) is 43.7 Å². The number of hydrogen-bond donors (Lipinski definition) is 2. The van der Waals surface area contributed by atoms with E-state index in [2.05, 4.69) is 10.6 Å². The van der Waals surface area contributed by atoms with Gasteiger partial charge in [0.2, 0.25) is 0 Å². The topological polar surface area (TPSA) is 50.4 Å². The molecule has 0 bridgehead atoms. The number of rotatable bonds is 4. The second kappa shape index (κ2) is 7.34. The molecule has 1 aromatic carbocycles. The highest BCUT2D eigenvalue weighted by Gasteiger charge is 2.28. The van der Waals surface area contributed by atoms with E-state index in [9.17, 15) is 4.79 Å². The molecule has 0 aromatic heterocycles. The molecule has 1 aromatic rings. The van der Waals surface area contributed by atoms with Crippen LogP contribution in [0.3, 0.4) is 0 Å². The fraction of sp³-hybridized carbons (Fsp3) is 0.588. The minimum Gasteiger partial charge on any atom is -0.379 e. The van der Waals surface area contributed by atoms with E-state index in [-0.39, 0.29) is 18.1 Å². The van der Waals surface area contributed by atoms with Crippen LogP contribution in [0.4, 0.5) is 4.79 Å². The third kappa shape index (κ3) is 3.93. The average Bonchev–Trinajstić information content (AvgIpc) is 3.18. The molecule has 0 radical (unpaired) electrons. The average molecular weight is 323 g/mol. The number of amides is 2. The summed E-state index contributed by atoms with van der Waals surface area (Å²) in [6.45, 7) is 1.34. The maximum atomic E-state index is 12.3. The van der Waals surface area contributed by atoms with Gasteiger partial charge in [-0.05, 0) is 42.9 Å². The number of urea groups is 1. The molecule has 2 N–H and O–H groups in total. The summed E-state index contributed by atoms with van der Waals surface area (Å²) in [6.07, 6.45) is 5.68. The molecule has 1 aliphatic carbocycles. The van der Waals surface area contributed by atoms with Crippen molar-refractivity contribution in [3.63, 3.8) is 0 Å². The Balaban J connectivity index is 1.69. The fourth-order valence-electron chi connectivity index (χ4n) is 3.48. The zero-order chi connectivity index (χ0) is 15.4. The first kappa shape index (κ1) is 15.6. The van der Waals surface area contributed by atoms with Gasteiger partial charge in [0.15, 0.2) is 0 Å². The fourth-order valence-corrected chi connectivity index (χ4v) is 3.68. The quantitative estimate of drug-likeness (QED) is 0.888. The first-order valence-electron chi connectivity index (χ1n) is 8.12. The van der Waals surface area contributed by atoms with Crippen molar-refractivity contribution >= 4 is 17.6 Å². The standard InChI is InChI=1S/C17H23ClN2O2/c18-14-7-3-6-13(10-14)16(12-4-1-2-5-12)20-17(21)19-15-8-9-22-11-15/h3,6-7,10,12,15-16H,1-2,4-5,8-9,11H2,(H2,19,20,21). The lowest BCUT2D eigenvalue weighted by Crippen LogP contribution is -2.45. The molecule has 22 heavy (non-hydrogen) atoms. The Labute approximate surface area is 136 Å². The lowest BCUT2D eigenvalue weighted by atomic mass is 9.92. The van der Waals surface area contributed by atoms with Gasteiger partial charge >= 0.3 is 6.03 Å². The Morgan fingerprint density at radius 2 is 2.09 bits per heavy atom. The zero-order valence-electron chi connectivity index (χ0n) is 12.7. The summed E-state index contributed by atoms with van der Waals surface area (Å²) in [6, 6.07) is 7.88. The first-order valence-corrected chi connectivity index (χ1v) is 8.50. The molecule has 120 valence electrons. The van der Waals surface area contributed by atoms with E-state index in [1.807, 2.05) is 24.3 Å². The van der Waals surface area contributed by atoms with Gasteiger partial charge in [0, 0.05) is 11.6 Å². The van der Waals surface area contributed by atoms with E-state index in [0.29, 0.717) is 17.5 Å². The van der Waals surface area contributed by atoms with Crippen LogP contribution >= 0.6 is 11.6 Å². The van der Waals surface area contributed by atoms with Crippen LogP contribution in [-0.4, -0.2) is 25.3 Å². The van der Waals surface area contributed by atoms with Gasteiger partial charge in [-0.25, -0.2) is 4.79 Å².